The molecule has 14 heavy (non-hydrogen) atoms. The van der Waals surface area contributed by atoms with Gasteiger partial charge >= 0.3 is 0 Å². The molecular weight excluding hydrogens is 194 g/mol. The Morgan fingerprint density at radius 2 is 2.21 bits per heavy atom. The highest BCUT2D eigenvalue weighted by Crippen LogP contribution is 2.22. The van der Waals surface area contributed by atoms with E-state index in [1.54, 1.807) is 11.8 Å². The SMILES string of the molecule is C=C(CC(CNC)C(C)N)SCCN. The van der Waals surface area contributed by atoms with Gasteiger partial charge in [0.25, 0.3) is 0 Å². The highest BCUT2D eigenvalue weighted by Gasteiger charge is 2.13. The summed E-state index contributed by atoms with van der Waals surface area (Å²) in [7, 11) is 1.95. The van der Waals surface area contributed by atoms with Crippen molar-refractivity contribution in [3.63, 3.8) is 0 Å². The molecule has 0 aliphatic carbocycles. The molecule has 0 aromatic rings. The minimum atomic E-state index is 0.206. The summed E-state index contributed by atoms with van der Waals surface area (Å²) in [6.07, 6.45) is 0.975. The van der Waals surface area contributed by atoms with E-state index in [1.807, 2.05) is 14.0 Å². The predicted molar refractivity (Wildman–Crippen MR) is 66.3 cm³/mol. The fourth-order valence-corrected chi connectivity index (χ4v) is 2.00. The average Bonchev–Trinajstić information content (AvgIpc) is 2.14. The van der Waals surface area contributed by atoms with Crippen LogP contribution in [0.1, 0.15) is 13.3 Å². The molecule has 4 heteroatoms. The Hall–Kier alpha value is -0.0300. The van der Waals surface area contributed by atoms with Crippen molar-refractivity contribution in [2.45, 2.75) is 19.4 Å². The van der Waals surface area contributed by atoms with Crippen LogP contribution in [0.25, 0.3) is 0 Å². The summed E-state index contributed by atoms with van der Waals surface area (Å²) < 4.78 is 0. The van der Waals surface area contributed by atoms with E-state index in [4.69, 9.17) is 11.5 Å². The van der Waals surface area contributed by atoms with E-state index in [2.05, 4.69) is 11.9 Å². The van der Waals surface area contributed by atoms with Crippen molar-refractivity contribution < 1.29 is 0 Å². The van der Waals surface area contributed by atoms with Gasteiger partial charge in [-0.15, -0.1) is 11.8 Å². The molecule has 0 saturated heterocycles. The lowest BCUT2D eigenvalue weighted by molar-refractivity contribution is 0.429. The number of hydrogen-bond acceptors (Lipinski definition) is 4. The van der Waals surface area contributed by atoms with Crippen LogP contribution in [0.5, 0.6) is 0 Å². The molecule has 0 aliphatic heterocycles. The van der Waals surface area contributed by atoms with Gasteiger partial charge in [-0.2, -0.15) is 0 Å². The van der Waals surface area contributed by atoms with E-state index in [1.165, 1.54) is 4.91 Å². The average molecular weight is 217 g/mol. The number of rotatable bonds is 8. The van der Waals surface area contributed by atoms with Gasteiger partial charge in [-0.1, -0.05) is 6.58 Å². The molecule has 0 radical (unpaired) electrons. The molecule has 0 aliphatic rings. The Balaban J connectivity index is 3.83. The topological polar surface area (TPSA) is 64.1 Å². The van der Waals surface area contributed by atoms with Crippen LogP contribution in [0, 0.1) is 5.92 Å². The van der Waals surface area contributed by atoms with Crippen molar-refractivity contribution in [3.05, 3.63) is 11.5 Å². The molecule has 0 amide bonds. The smallest absolute Gasteiger partial charge is 0.00999 e. The second-order valence-electron chi connectivity index (χ2n) is 3.56. The summed E-state index contributed by atoms with van der Waals surface area (Å²) in [4.78, 5) is 1.19. The first kappa shape index (κ1) is 14.0. The van der Waals surface area contributed by atoms with Gasteiger partial charge in [-0.3, -0.25) is 0 Å². The van der Waals surface area contributed by atoms with Gasteiger partial charge in [0.15, 0.2) is 0 Å². The Morgan fingerprint density at radius 1 is 1.57 bits per heavy atom. The van der Waals surface area contributed by atoms with Crippen LogP contribution >= 0.6 is 11.8 Å². The Bertz CT molecular complexity index is 159. The second kappa shape index (κ2) is 8.29. The van der Waals surface area contributed by atoms with Crippen LogP contribution in [-0.2, 0) is 0 Å². The molecule has 84 valence electrons. The molecular formula is C10H23N3S. The van der Waals surface area contributed by atoms with Crippen LogP contribution < -0.4 is 16.8 Å². The molecule has 0 heterocycles. The van der Waals surface area contributed by atoms with Crippen molar-refractivity contribution in [1.82, 2.24) is 5.32 Å². The minimum Gasteiger partial charge on any atom is -0.330 e. The van der Waals surface area contributed by atoms with Crippen LogP contribution in [0.4, 0.5) is 0 Å². The van der Waals surface area contributed by atoms with Gasteiger partial charge < -0.3 is 16.8 Å². The molecule has 3 nitrogen and oxygen atoms in total. The first-order valence-corrected chi connectivity index (χ1v) is 6.01. The van der Waals surface area contributed by atoms with Gasteiger partial charge in [0.05, 0.1) is 0 Å². The third-order valence-electron chi connectivity index (χ3n) is 2.12. The fourth-order valence-electron chi connectivity index (χ4n) is 1.26. The van der Waals surface area contributed by atoms with Gasteiger partial charge in [0.2, 0.25) is 0 Å². The number of nitrogens with two attached hydrogens (primary N) is 2. The Morgan fingerprint density at radius 3 is 2.64 bits per heavy atom. The first-order chi connectivity index (χ1) is 6.61. The van der Waals surface area contributed by atoms with Gasteiger partial charge in [0, 0.05) is 18.3 Å². The molecule has 5 N–H and O–H groups in total. The summed E-state index contributed by atoms with van der Waals surface area (Å²) in [6.45, 7) is 7.72. The summed E-state index contributed by atoms with van der Waals surface area (Å²) in [5, 5.41) is 3.16. The van der Waals surface area contributed by atoms with Crippen LogP contribution in [0.3, 0.4) is 0 Å². The standard InChI is InChI=1S/C10H23N3S/c1-8(14-5-4-11)6-10(7-13-3)9(2)12/h9-10,13H,1,4-7,11-12H2,2-3H3. The molecule has 0 aromatic heterocycles. The van der Waals surface area contributed by atoms with E-state index < -0.39 is 0 Å². The molecule has 0 saturated carbocycles. The summed E-state index contributed by atoms with van der Waals surface area (Å²) in [6, 6.07) is 0.206. The minimum absolute atomic E-state index is 0.206. The lowest BCUT2D eigenvalue weighted by atomic mass is 9.98. The van der Waals surface area contributed by atoms with Crippen molar-refractivity contribution in [2.24, 2.45) is 17.4 Å². The highest BCUT2D eigenvalue weighted by molar-refractivity contribution is 8.03. The van der Waals surface area contributed by atoms with Crippen molar-refractivity contribution >= 4 is 11.8 Å². The zero-order valence-electron chi connectivity index (χ0n) is 9.25. The fraction of sp³-hybridized carbons (Fsp3) is 0.800. The first-order valence-electron chi connectivity index (χ1n) is 5.02. The quantitative estimate of drug-likeness (QED) is 0.562. The van der Waals surface area contributed by atoms with E-state index in [0.717, 1.165) is 18.7 Å². The van der Waals surface area contributed by atoms with E-state index in [0.29, 0.717) is 12.5 Å². The number of thioether (sulfide) groups is 1. The van der Waals surface area contributed by atoms with Crippen LogP contribution in [-0.4, -0.2) is 31.9 Å². The van der Waals surface area contributed by atoms with Crippen molar-refractivity contribution in [3.8, 4) is 0 Å². The number of nitrogens with one attached hydrogen (secondary N) is 1. The van der Waals surface area contributed by atoms with Crippen LogP contribution in [0.2, 0.25) is 0 Å². The lowest BCUT2D eigenvalue weighted by Crippen LogP contribution is -2.34. The molecule has 0 spiro atoms. The van der Waals surface area contributed by atoms with Gasteiger partial charge in [-0.25, -0.2) is 0 Å². The summed E-state index contributed by atoms with van der Waals surface area (Å²) in [5.41, 5.74) is 11.3. The molecule has 2 unspecified atom stereocenters. The molecule has 0 bridgehead atoms. The third kappa shape index (κ3) is 6.43. The summed E-state index contributed by atoms with van der Waals surface area (Å²) in [5.74, 6) is 1.42. The van der Waals surface area contributed by atoms with E-state index in [9.17, 15) is 0 Å². The van der Waals surface area contributed by atoms with E-state index >= 15 is 0 Å². The van der Waals surface area contributed by atoms with E-state index in [-0.39, 0.29) is 6.04 Å². The number of allylic oxidation sites excluding steroid dienone is 1. The Labute approximate surface area is 91.7 Å². The van der Waals surface area contributed by atoms with Crippen LogP contribution in [0.15, 0.2) is 11.5 Å². The monoisotopic (exact) mass is 217 g/mol. The maximum absolute atomic E-state index is 5.88. The summed E-state index contributed by atoms with van der Waals surface area (Å²) >= 11 is 1.75. The van der Waals surface area contributed by atoms with Crippen molar-refractivity contribution in [2.75, 3.05) is 25.9 Å². The van der Waals surface area contributed by atoms with Crippen molar-refractivity contribution in [1.29, 1.82) is 0 Å². The maximum Gasteiger partial charge on any atom is 0.00999 e. The molecule has 0 fully saturated rings. The number of hydrogen-bond donors (Lipinski definition) is 3. The largest absolute Gasteiger partial charge is 0.330 e. The molecule has 0 aromatic carbocycles. The second-order valence-corrected chi connectivity index (χ2v) is 4.83. The maximum atomic E-state index is 5.88. The zero-order chi connectivity index (χ0) is 11.0. The predicted octanol–water partition coefficient (Wildman–Crippen LogP) is 0.765. The zero-order valence-corrected chi connectivity index (χ0v) is 10.1. The lowest BCUT2D eigenvalue weighted by Gasteiger charge is -2.21. The molecule has 2 atom stereocenters. The normalized spacial score (nSPS) is 15.1. The van der Waals surface area contributed by atoms with Gasteiger partial charge in [-0.05, 0) is 37.8 Å². The third-order valence-corrected chi connectivity index (χ3v) is 3.14. The Kier molecular flexibility index (Phi) is 8.27. The molecule has 0 rings (SSSR count). The highest BCUT2D eigenvalue weighted by atomic mass is 32.2. The van der Waals surface area contributed by atoms with Gasteiger partial charge in [0.1, 0.15) is 0 Å².